The second-order valence-electron chi connectivity index (χ2n) is 8.42. The van der Waals surface area contributed by atoms with Crippen molar-refractivity contribution >= 4 is 41.7 Å². The van der Waals surface area contributed by atoms with E-state index in [1.54, 1.807) is 0 Å². The Bertz CT molecular complexity index is 677. The number of hydrogen-bond acceptors (Lipinski definition) is 3. The molecule has 2 unspecified atom stereocenters. The molecule has 0 bridgehead atoms. The molecule has 0 aromatic heterocycles. The third kappa shape index (κ3) is 8.67. The molecule has 2 atom stereocenters. The van der Waals surface area contributed by atoms with E-state index in [0.717, 1.165) is 36.8 Å². The van der Waals surface area contributed by atoms with E-state index in [1.807, 2.05) is 38.1 Å². The van der Waals surface area contributed by atoms with Crippen molar-refractivity contribution in [2.75, 3.05) is 25.0 Å². The zero-order chi connectivity index (χ0) is 21.4. The first-order valence-electron chi connectivity index (χ1n) is 10.7. The summed E-state index contributed by atoms with van der Waals surface area (Å²) < 4.78 is 0. The SMILES string of the molecule is CCNC(=NCc1ccc(NC(=O)NC(C)C)cc1)NC1CN(C(C)C)CC1C.I. The molecule has 1 aliphatic heterocycles. The van der Waals surface area contributed by atoms with Crippen LogP contribution in [0.2, 0.25) is 0 Å². The van der Waals surface area contributed by atoms with Crippen LogP contribution in [0.25, 0.3) is 0 Å². The van der Waals surface area contributed by atoms with E-state index in [2.05, 4.69) is 53.9 Å². The number of hydrogen-bond donors (Lipinski definition) is 4. The first kappa shape index (κ1) is 26.5. The van der Waals surface area contributed by atoms with Gasteiger partial charge in [0.2, 0.25) is 0 Å². The number of guanidine groups is 1. The summed E-state index contributed by atoms with van der Waals surface area (Å²) in [4.78, 5) is 19.1. The fraction of sp³-hybridized carbons (Fsp3) is 0.636. The monoisotopic (exact) mass is 530 g/mol. The van der Waals surface area contributed by atoms with Crippen LogP contribution in [0.4, 0.5) is 10.5 Å². The molecule has 0 aliphatic carbocycles. The molecule has 4 N–H and O–H groups in total. The standard InChI is InChI=1S/C22H38N6O.HI/c1-7-23-21(27-20-14-28(16(4)5)13-17(20)6)24-12-18-8-10-19(11-9-18)26-22(29)25-15(2)3;/h8-11,15-17,20H,7,12-14H2,1-6H3,(H2,23,24,27)(H2,25,26,29);1H. The predicted octanol–water partition coefficient (Wildman–Crippen LogP) is 3.62. The van der Waals surface area contributed by atoms with Gasteiger partial charge in [-0.25, -0.2) is 9.79 Å². The topological polar surface area (TPSA) is 80.8 Å². The number of benzene rings is 1. The van der Waals surface area contributed by atoms with Crippen LogP contribution in [0.1, 0.15) is 47.1 Å². The molecule has 1 saturated heterocycles. The van der Waals surface area contributed by atoms with E-state index in [-0.39, 0.29) is 36.0 Å². The van der Waals surface area contributed by atoms with Crippen molar-refractivity contribution in [2.24, 2.45) is 10.9 Å². The molecule has 2 amide bonds. The molecule has 1 aromatic rings. The lowest BCUT2D eigenvalue weighted by atomic mass is 10.1. The van der Waals surface area contributed by atoms with Crippen molar-refractivity contribution in [3.05, 3.63) is 29.8 Å². The predicted molar refractivity (Wildman–Crippen MR) is 137 cm³/mol. The first-order valence-corrected chi connectivity index (χ1v) is 10.7. The highest BCUT2D eigenvalue weighted by atomic mass is 127. The van der Waals surface area contributed by atoms with Gasteiger partial charge in [-0.05, 0) is 58.2 Å². The average molecular weight is 530 g/mol. The minimum Gasteiger partial charge on any atom is -0.357 e. The number of aliphatic imine (C=N–C) groups is 1. The molecule has 1 aromatic carbocycles. The number of urea groups is 1. The lowest BCUT2D eigenvalue weighted by Gasteiger charge is -2.22. The number of anilines is 1. The number of halogens is 1. The Kier molecular flexibility index (Phi) is 11.5. The highest BCUT2D eigenvalue weighted by molar-refractivity contribution is 14.0. The first-order chi connectivity index (χ1) is 13.8. The van der Waals surface area contributed by atoms with Gasteiger partial charge in [-0.3, -0.25) is 4.90 Å². The van der Waals surface area contributed by atoms with E-state index >= 15 is 0 Å². The van der Waals surface area contributed by atoms with Crippen molar-refractivity contribution in [1.82, 2.24) is 20.9 Å². The summed E-state index contributed by atoms with van der Waals surface area (Å²) in [5, 5.41) is 12.6. The van der Waals surface area contributed by atoms with E-state index in [1.165, 1.54) is 0 Å². The smallest absolute Gasteiger partial charge is 0.319 e. The summed E-state index contributed by atoms with van der Waals surface area (Å²) >= 11 is 0. The zero-order valence-electron chi connectivity index (χ0n) is 19.2. The number of carbonyl (C=O) groups is 1. The van der Waals surface area contributed by atoms with Crippen LogP contribution in [0.15, 0.2) is 29.3 Å². The van der Waals surface area contributed by atoms with Gasteiger partial charge in [-0.15, -0.1) is 24.0 Å². The molecule has 170 valence electrons. The molecule has 8 heteroatoms. The van der Waals surface area contributed by atoms with Gasteiger partial charge >= 0.3 is 6.03 Å². The maximum atomic E-state index is 11.8. The molecule has 0 radical (unpaired) electrons. The average Bonchev–Trinajstić information content (AvgIpc) is 3.01. The quantitative estimate of drug-likeness (QED) is 0.247. The van der Waals surface area contributed by atoms with Crippen LogP contribution in [0, 0.1) is 5.92 Å². The van der Waals surface area contributed by atoms with E-state index in [0.29, 0.717) is 24.5 Å². The molecule has 0 saturated carbocycles. The maximum Gasteiger partial charge on any atom is 0.319 e. The van der Waals surface area contributed by atoms with Crippen molar-refractivity contribution in [3.8, 4) is 0 Å². The summed E-state index contributed by atoms with van der Waals surface area (Å²) in [7, 11) is 0. The van der Waals surface area contributed by atoms with Gasteiger partial charge in [0.05, 0.1) is 6.54 Å². The van der Waals surface area contributed by atoms with Gasteiger partial charge in [-0.1, -0.05) is 19.1 Å². The molecule has 7 nitrogen and oxygen atoms in total. The molecule has 2 rings (SSSR count). The molecular weight excluding hydrogens is 491 g/mol. The van der Waals surface area contributed by atoms with E-state index < -0.39 is 0 Å². The van der Waals surface area contributed by atoms with Gasteiger partial charge in [0.15, 0.2) is 5.96 Å². The molecule has 30 heavy (non-hydrogen) atoms. The third-order valence-corrected chi connectivity index (χ3v) is 5.09. The van der Waals surface area contributed by atoms with Gasteiger partial charge < -0.3 is 21.3 Å². The Morgan fingerprint density at radius 2 is 1.83 bits per heavy atom. The van der Waals surface area contributed by atoms with E-state index in [4.69, 9.17) is 4.99 Å². The largest absolute Gasteiger partial charge is 0.357 e. The second kappa shape index (κ2) is 13.0. The fourth-order valence-corrected chi connectivity index (χ4v) is 3.40. The highest BCUT2D eigenvalue weighted by Crippen LogP contribution is 2.18. The molecule has 1 fully saturated rings. The summed E-state index contributed by atoms with van der Waals surface area (Å²) in [5.74, 6) is 1.44. The van der Waals surface area contributed by atoms with Crippen LogP contribution < -0.4 is 21.3 Å². The lowest BCUT2D eigenvalue weighted by molar-refractivity contribution is 0.250. The van der Waals surface area contributed by atoms with Crippen molar-refractivity contribution < 1.29 is 4.79 Å². The Hall–Kier alpha value is -1.55. The third-order valence-electron chi connectivity index (χ3n) is 5.09. The number of rotatable bonds is 7. The Balaban J connectivity index is 0.00000450. The fourth-order valence-electron chi connectivity index (χ4n) is 3.40. The van der Waals surface area contributed by atoms with Crippen LogP contribution >= 0.6 is 24.0 Å². The second-order valence-corrected chi connectivity index (χ2v) is 8.42. The Morgan fingerprint density at radius 1 is 1.17 bits per heavy atom. The van der Waals surface area contributed by atoms with Crippen molar-refractivity contribution in [2.45, 2.75) is 66.2 Å². The number of nitrogens with one attached hydrogen (secondary N) is 4. The molecule has 0 spiro atoms. The molecule has 1 aliphatic rings. The van der Waals surface area contributed by atoms with Crippen LogP contribution in [-0.4, -0.2) is 54.7 Å². The minimum atomic E-state index is -0.189. The Labute approximate surface area is 198 Å². The summed E-state index contributed by atoms with van der Waals surface area (Å²) in [6, 6.07) is 8.70. The Morgan fingerprint density at radius 3 is 2.37 bits per heavy atom. The summed E-state index contributed by atoms with van der Waals surface area (Å²) in [6.07, 6.45) is 0. The van der Waals surface area contributed by atoms with Gasteiger partial charge in [0.25, 0.3) is 0 Å². The van der Waals surface area contributed by atoms with Gasteiger partial charge in [0.1, 0.15) is 0 Å². The lowest BCUT2D eigenvalue weighted by Crippen LogP contribution is -2.46. The van der Waals surface area contributed by atoms with Crippen LogP contribution in [-0.2, 0) is 6.54 Å². The van der Waals surface area contributed by atoms with Crippen molar-refractivity contribution in [3.63, 3.8) is 0 Å². The minimum absolute atomic E-state index is 0. The maximum absolute atomic E-state index is 11.8. The van der Waals surface area contributed by atoms with Gasteiger partial charge in [-0.2, -0.15) is 0 Å². The molecular formula is C22H39IN6O. The van der Waals surface area contributed by atoms with Crippen LogP contribution in [0.5, 0.6) is 0 Å². The van der Waals surface area contributed by atoms with Crippen molar-refractivity contribution in [1.29, 1.82) is 0 Å². The highest BCUT2D eigenvalue weighted by Gasteiger charge is 2.31. The number of carbonyl (C=O) groups excluding carboxylic acids is 1. The normalized spacial score (nSPS) is 19.5. The van der Waals surface area contributed by atoms with Gasteiger partial charge in [0, 0.05) is 43.4 Å². The zero-order valence-corrected chi connectivity index (χ0v) is 21.5. The van der Waals surface area contributed by atoms with Crippen LogP contribution in [0.3, 0.4) is 0 Å². The summed E-state index contributed by atoms with van der Waals surface area (Å²) in [5.41, 5.74) is 1.87. The number of likely N-dealkylation sites (tertiary alicyclic amines) is 1. The summed E-state index contributed by atoms with van der Waals surface area (Å²) in [6.45, 7) is 16.3. The molecule has 1 heterocycles. The number of amides is 2. The number of nitrogens with zero attached hydrogens (tertiary/aromatic N) is 2. The van der Waals surface area contributed by atoms with E-state index in [9.17, 15) is 4.79 Å².